The topological polar surface area (TPSA) is 49.8 Å². The minimum absolute atomic E-state index is 0.103. The van der Waals surface area contributed by atoms with E-state index >= 15 is 0 Å². The van der Waals surface area contributed by atoms with E-state index < -0.39 is 29.4 Å². The lowest BCUT2D eigenvalue weighted by Gasteiger charge is -2.40. The van der Waals surface area contributed by atoms with Gasteiger partial charge < -0.3 is 14.7 Å². The van der Waals surface area contributed by atoms with E-state index in [-0.39, 0.29) is 25.9 Å². The number of likely N-dealkylation sites (tertiary alicyclic amines) is 1. The SMILES string of the molecule is CC(C)(C)OC(=O)N1CCC([C@](C)(O)C(F)(F)F)CC1. The highest BCUT2D eigenvalue weighted by Crippen LogP contribution is 2.40. The fraction of sp³-hybridized carbons (Fsp3) is 0.923. The third-order valence-corrected chi connectivity index (χ3v) is 3.52. The summed E-state index contributed by atoms with van der Waals surface area (Å²) in [5.74, 6) is -0.902. The van der Waals surface area contributed by atoms with Gasteiger partial charge in [-0.3, -0.25) is 0 Å². The van der Waals surface area contributed by atoms with Crippen LogP contribution in [0.3, 0.4) is 0 Å². The van der Waals surface area contributed by atoms with Crippen molar-refractivity contribution in [2.24, 2.45) is 5.92 Å². The van der Waals surface area contributed by atoms with Crippen LogP contribution in [-0.4, -0.2) is 46.6 Å². The second kappa shape index (κ2) is 5.42. The summed E-state index contributed by atoms with van der Waals surface area (Å²) in [6.07, 6.45) is -4.98. The van der Waals surface area contributed by atoms with Crippen molar-refractivity contribution in [1.29, 1.82) is 0 Å². The molecule has 0 bridgehead atoms. The van der Waals surface area contributed by atoms with Gasteiger partial charge in [-0.25, -0.2) is 4.79 Å². The number of carbonyl (C=O) groups excluding carboxylic acids is 1. The van der Waals surface area contributed by atoms with Gasteiger partial charge in [0.2, 0.25) is 0 Å². The largest absolute Gasteiger partial charge is 0.444 e. The van der Waals surface area contributed by atoms with Crippen molar-refractivity contribution < 1.29 is 27.8 Å². The van der Waals surface area contributed by atoms with Crippen LogP contribution in [0.4, 0.5) is 18.0 Å². The number of hydrogen-bond acceptors (Lipinski definition) is 3. The summed E-state index contributed by atoms with van der Waals surface area (Å²) in [7, 11) is 0. The molecule has 1 aliphatic rings. The standard InChI is InChI=1S/C13H22F3NO3/c1-11(2,3)20-10(18)17-7-5-9(6-8-17)12(4,19)13(14,15)16/h9,19H,5-8H2,1-4H3/t12-/m0/s1. The normalized spacial score (nSPS) is 21.5. The number of alkyl halides is 3. The van der Waals surface area contributed by atoms with Crippen molar-refractivity contribution >= 4 is 6.09 Å². The maximum absolute atomic E-state index is 12.7. The van der Waals surface area contributed by atoms with E-state index in [2.05, 4.69) is 0 Å². The number of carbonyl (C=O) groups is 1. The fourth-order valence-electron chi connectivity index (χ4n) is 2.18. The Morgan fingerprint density at radius 3 is 1.95 bits per heavy atom. The van der Waals surface area contributed by atoms with Crippen molar-refractivity contribution in [2.75, 3.05) is 13.1 Å². The molecule has 0 aliphatic carbocycles. The number of amides is 1. The third kappa shape index (κ3) is 4.01. The van der Waals surface area contributed by atoms with Crippen LogP contribution in [0.25, 0.3) is 0 Å². The van der Waals surface area contributed by atoms with Crippen LogP contribution in [0.5, 0.6) is 0 Å². The van der Waals surface area contributed by atoms with Crippen LogP contribution in [-0.2, 0) is 4.74 Å². The van der Waals surface area contributed by atoms with Gasteiger partial charge in [-0.15, -0.1) is 0 Å². The average Bonchev–Trinajstić information content (AvgIpc) is 2.25. The molecule has 0 aromatic rings. The molecule has 1 aliphatic heterocycles. The van der Waals surface area contributed by atoms with Crippen molar-refractivity contribution in [3.63, 3.8) is 0 Å². The Morgan fingerprint density at radius 2 is 1.60 bits per heavy atom. The number of rotatable bonds is 1. The van der Waals surface area contributed by atoms with Crippen molar-refractivity contribution in [1.82, 2.24) is 4.90 Å². The quantitative estimate of drug-likeness (QED) is 0.809. The van der Waals surface area contributed by atoms with Crippen molar-refractivity contribution in [3.8, 4) is 0 Å². The number of ether oxygens (including phenoxy) is 1. The zero-order valence-electron chi connectivity index (χ0n) is 12.3. The number of hydrogen-bond donors (Lipinski definition) is 1. The summed E-state index contributed by atoms with van der Waals surface area (Å²) >= 11 is 0. The first kappa shape index (κ1) is 17.1. The summed E-state index contributed by atoms with van der Waals surface area (Å²) in [5, 5.41) is 9.63. The Morgan fingerprint density at radius 1 is 1.15 bits per heavy atom. The predicted octanol–water partition coefficient (Wildman–Crippen LogP) is 2.95. The van der Waals surface area contributed by atoms with Gasteiger partial charge in [0.15, 0.2) is 5.60 Å². The van der Waals surface area contributed by atoms with Gasteiger partial charge in [-0.1, -0.05) is 0 Å². The smallest absolute Gasteiger partial charge is 0.417 e. The number of halogens is 3. The van der Waals surface area contributed by atoms with Crippen LogP contribution < -0.4 is 0 Å². The lowest BCUT2D eigenvalue weighted by atomic mass is 9.81. The first-order valence-corrected chi connectivity index (χ1v) is 6.61. The zero-order valence-corrected chi connectivity index (χ0v) is 12.3. The highest BCUT2D eigenvalue weighted by Gasteiger charge is 2.55. The molecule has 0 unspecified atom stereocenters. The molecular formula is C13H22F3NO3. The van der Waals surface area contributed by atoms with Crippen LogP contribution in [0, 0.1) is 5.92 Å². The van der Waals surface area contributed by atoms with Gasteiger partial charge in [0, 0.05) is 13.1 Å². The molecule has 0 saturated carbocycles. The van der Waals surface area contributed by atoms with E-state index in [1.54, 1.807) is 20.8 Å². The Kier molecular flexibility index (Phi) is 4.63. The van der Waals surface area contributed by atoms with E-state index in [9.17, 15) is 23.1 Å². The summed E-state index contributed by atoms with van der Waals surface area (Å²) in [6.45, 7) is 6.29. The second-order valence-corrected chi connectivity index (χ2v) is 6.39. The molecule has 4 nitrogen and oxygen atoms in total. The zero-order chi connectivity index (χ0) is 15.8. The van der Waals surface area contributed by atoms with Crippen LogP contribution in [0.2, 0.25) is 0 Å². The first-order chi connectivity index (χ1) is 8.84. The maximum Gasteiger partial charge on any atom is 0.417 e. The molecule has 1 rings (SSSR count). The summed E-state index contributed by atoms with van der Waals surface area (Å²) in [4.78, 5) is 13.2. The van der Waals surface area contributed by atoms with Crippen LogP contribution >= 0.6 is 0 Å². The van der Waals surface area contributed by atoms with E-state index in [4.69, 9.17) is 4.74 Å². The average molecular weight is 297 g/mol. The number of piperidine rings is 1. The fourth-order valence-corrected chi connectivity index (χ4v) is 2.18. The van der Waals surface area contributed by atoms with Gasteiger partial charge in [0.25, 0.3) is 0 Å². The number of aliphatic hydroxyl groups is 1. The van der Waals surface area contributed by atoms with E-state index in [0.717, 1.165) is 6.92 Å². The van der Waals surface area contributed by atoms with Gasteiger partial charge in [-0.2, -0.15) is 13.2 Å². The first-order valence-electron chi connectivity index (χ1n) is 6.61. The molecule has 1 N–H and O–H groups in total. The maximum atomic E-state index is 12.7. The van der Waals surface area contributed by atoms with Gasteiger partial charge in [0.1, 0.15) is 5.60 Å². The molecular weight excluding hydrogens is 275 g/mol. The third-order valence-electron chi connectivity index (χ3n) is 3.52. The molecule has 7 heteroatoms. The van der Waals surface area contributed by atoms with Gasteiger partial charge >= 0.3 is 12.3 Å². The van der Waals surface area contributed by atoms with Gasteiger partial charge in [0.05, 0.1) is 0 Å². The molecule has 0 aromatic carbocycles. The van der Waals surface area contributed by atoms with Crippen LogP contribution in [0.1, 0.15) is 40.5 Å². The molecule has 0 spiro atoms. The highest BCUT2D eigenvalue weighted by atomic mass is 19.4. The van der Waals surface area contributed by atoms with Gasteiger partial charge in [-0.05, 0) is 46.5 Å². The second-order valence-electron chi connectivity index (χ2n) is 6.39. The summed E-state index contributed by atoms with van der Waals surface area (Å²) in [5.41, 5.74) is -3.35. The van der Waals surface area contributed by atoms with E-state index in [1.807, 2.05) is 0 Å². The Labute approximate surface area is 116 Å². The number of nitrogens with zero attached hydrogens (tertiary/aromatic N) is 1. The molecule has 0 radical (unpaired) electrons. The molecule has 1 atom stereocenters. The summed E-state index contributed by atoms with van der Waals surface area (Å²) in [6, 6.07) is 0. The summed E-state index contributed by atoms with van der Waals surface area (Å²) < 4.78 is 43.4. The molecule has 1 heterocycles. The Hall–Kier alpha value is -0.980. The minimum atomic E-state index is -4.66. The van der Waals surface area contributed by atoms with E-state index in [0.29, 0.717) is 0 Å². The van der Waals surface area contributed by atoms with Crippen molar-refractivity contribution in [3.05, 3.63) is 0 Å². The Bertz CT molecular complexity index is 353. The molecule has 1 amide bonds. The highest BCUT2D eigenvalue weighted by molar-refractivity contribution is 5.68. The molecule has 1 fully saturated rings. The monoisotopic (exact) mass is 297 g/mol. The molecule has 1 saturated heterocycles. The Balaban J connectivity index is 2.58. The molecule has 20 heavy (non-hydrogen) atoms. The lowest BCUT2D eigenvalue weighted by Crippen LogP contribution is -2.53. The molecule has 0 aromatic heterocycles. The molecule has 118 valence electrons. The van der Waals surface area contributed by atoms with Crippen LogP contribution in [0.15, 0.2) is 0 Å². The van der Waals surface area contributed by atoms with E-state index in [1.165, 1.54) is 4.90 Å². The predicted molar refractivity (Wildman–Crippen MR) is 67.2 cm³/mol. The van der Waals surface area contributed by atoms with Crippen molar-refractivity contribution in [2.45, 2.75) is 57.9 Å². The lowest BCUT2D eigenvalue weighted by molar-refractivity contribution is -0.275. The minimum Gasteiger partial charge on any atom is -0.444 e.